The van der Waals surface area contributed by atoms with E-state index in [1.54, 1.807) is 24.3 Å². The maximum absolute atomic E-state index is 11.6. The Morgan fingerprint density at radius 3 is 2.56 bits per heavy atom. The third-order valence-corrected chi connectivity index (χ3v) is 2.54. The van der Waals surface area contributed by atoms with Crippen LogP contribution in [-0.4, -0.2) is 19.0 Å². The average molecular weight is 241 g/mol. The van der Waals surface area contributed by atoms with E-state index < -0.39 is 0 Å². The molecular formula is C13H17ClO2. The molecule has 1 rings (SSSR count). The highest BCUT2D eigenvalue weighted by atomic mass is 35.5. The number of halogens is 1. The van der Waals surface area contributed by atoms with Crippen LogP contribution >= 0.6 is 11.6 Å². The molecule has 0 spiro atoms. The van der Waals surface area contributed by atoms with Gasteiger partial charge < -0.3 is 4.74 Å². The molecule has 0 saturated carbocycles. The van der Waals surface area contributed by atoms with Crippen molar-refractivity contribution in [3.05, 3.63) is 34.9 Å². The Hall–Kier alpha value is -0.860. The fourth-order valence-corrected chi connectivity index (χ4v) is 1.46. The minimum absolute atomic E-state index is 0.00756. The van der Waals surface area contributed by atoms with E-state index in [4.69, 9.17) is 16.3 Å². The summed E-state index contributed by atoms with van der Waals surface area (Å²) in [6, 6.07) is 6.87. The molecule has 0 N–H and O–H groups in total. The summed E-state index contributed by atoms with van der Waals surface area (Å²) in [7, 11) is 0. The molecule has 1 aromatic rings. The van der Waals surface area contributed by atoms with Gasteiger partial charge in [-0.2, -0.15) is 0 Å². The first-order valence-corrected chi connectivity index (χ1v) is 5.98. The van der Waals surface area contributed by atoms with Gasteiger partial charge in [0.1, 0.15) is 6.61 Å². The number of hydrogen-bond donors (Lipinski definition) is 0. The molecule has 0 amide bonds. The summed E-state index contributed by atoms with van der Waals surface area (Å²) in [6.45, 7) is 2.96. The van der Waals surface area contributed by atoms with E-state index in [-0.39, 0.29) is 12.4 Å². The number of carbonyl (C=O) groups is 1. The zero-order valence-corrected chi connectivity index (χ0v) is 10.3. The number of ketones is 1. The Bertz CT molecular complexity index is 319. The first kappa shape index (κ1) is 13.2. The number of hydrogen-bond acceptors (Lipinski definition) is 2. The lowest BCUT2D eigenvalue weighted by Gasteiger charge is -2.03. The van der Waals surface area contributed by atoms with Crippen LogP contribution in [0.1, 0.15) is 36.5 Å². The molecule has 0 saturated heterocycles. The van der Waals surface area contributed by atoms with Crippen molar-refractivity contribution in [1.29, 1.82) is 0 Å². The molecule has 3 heteroatoms. The van der Waals surface area contributed by atoms with Crippen LogP contribution < -0.4 is 0 Å². The Morgan fingerprint density at radius 2 is 1.94 bits per heavy atom. The Labute approximate surface area is 102 Å². The largest absolute Gasteiger partial charge is 0.373 e. The number of Topliss-reactive ketones (excluding diaryl/α,β-unsaturated/α-hetero) is 1. The van der Waals surface area contributed by atoms with Crippen LogP contribution in [0.15, 0.2) is 24.3 Å². The molecule has 0 bridgehead atoms. The predicted octanol–water partition coefficient (Wildman–Crippen LogP) is 3.73. The van der Waals surface area contributed by atoms with Gasteiger partial charge in [-0.15, -0.1) is 0 Å². The lowest BCUT2D eigenvalue weighted by atomic mass is 10.1. The summed E-state index contributed by atoms with van der Waals surface area (Å²) in [6.07, 6.45) is 3.33. The second-order valence-corrected chi connectivity index (χ2v) is 4.13. The fraction of sp³-hybridized carbons (Fsp3) is 0.462. The van der Waals surface area contributed by atoms with Gasteiger partial charge >= 0.3 is 0 Å². The van der Waals surface area contributed by atoms with Crippen LogP contribution in [-0.2, 0) is 4.74 Å². The van der Waals surface area contributed by atoms with E-state index >= 15 is 0 Å². The highest BCUT2D eigenvalue weighted by Crippen LogP contribution is 2.10. The van der Waals surface area contributed by atoms with E-state index in [9.17, 15) is 4.79 Å². The fourth-order valence-electron chi connectivity index (χ4n) is 1.34. The Morgan fingerprint density at radius 1 is 1.25 bits per heavy atom. The topological polar surface area (TPSA) is 26.3 Å². The van der Waals surface area contributed by atoms with Crippen molar-refractivity contribution in [1.82, 2.24) is 0 Å². The zero-order valence-electron chi connectivity index (χ0n) is 9.54. The van der Waals surface area contributed by atoms with E-state index in [0.29, 0.717) is 17.2 Å². The molecular weight excluding hydrogens is 224 g/mol. The lowest BCUT2D eigenvalue weighted by molar-refractivity contribution is 0.0753. The van der Waals surface area contributed by atoms with Gasteiger partial charge in [0.2, 0.25) is 0 Å². The molecule has 88 valence electrons. The highest BCUT2D eigenvalue weighted by Gasteiger charge is 2.05. The molecule has 1 aromatic carbocycles. The van der Waals surface area contributed by atoms with Gasteiger partial charge in [0.15, 0.2) is 5.78 Å². The SMILES string of the molecule is CCCCCOCC(=O)c1ccc(Cl)cc1. The number of benzene rings is 1. The van der Waals surface area contributed by atoms with E-state index in [1.807, 2.05) is 0 Å². The van der Waals surface area contributed by atoms with Crippen molar-refractivity contribution in [3.63, 3.8) is 0 Å². The first-order chi connectivity index (χ1) is 7.74. The summed E-state index contributed by atoms with van der Waals surface area (Å²) in [5, 5.41) is 0.639. The van der Waals surface area contributed by atoms with Gasteiger partial charge in [-0.25, -0.2) is 0 Å². The summed E-state index contributed by atoms with van der Waals surface area (Å²) in [5.74, 6) is 0.00756. The maximum Gasteiger partial charge on any atom is 0.188 e. The second-order valence-electron chi connectivity index (χ2n) is 3.69. The van der Waals surface area contributed by atoms with Crippen LogP contribution in [0.3, 0.4) is 0 Å². The predicted molar refractivity (Wildman–Crippen MR) is 66.1 cm³/mol. The van der Waals surface area contributed by atoms with Crippen molar-refractivity contribution in [2.24, 2.45) is 0 Å². The third-order valence-electron chi connectivity index (χ3n) is 2.29. The molecule has 0 aliphatic heterocycles. The Balaban J connectivity index is 2.27. The van der Waals surface area contributed by atoms with Gasteiger partial charge in [-0.3, -0.25) is 4.79 Å². The van der Waals surface area contributed by atoms with E-state index in [2.05, 4.69) is 6.92 Å². The molecule has 0 unspecified atom stereocenters. The van der Waals surface area contributed by atoms with E-state index in [1.165, 1.54) is 0 Å². The Kier molecular flexibility index (Phi) is 6.12. The minimum atomic E-state index is 0.00756. The van der Waals surface area contributed by atoms with Crippen molar-refractivity contribution < 1.29 is 9.53 Å². The molecule has 0 aromatic heterocycles. The normalized spacial score (nSPS) is 10.4. The van der Waals surface area contributed by atoms with E-state index in [0.717, 1.165) is 19.3 Å². The summed E-state index contributed by atoms with van der Waals surface area (Å²) < 4.78 is 5.30. The van der Waals surface area contributed by atoms with Crippen molar-refractivity contribution in [2.75, 3.05) is 13.2 Å². The van der Waals surface area contributed by atoms with Crippen LogP contribution in [0.25, 0.3) is 0 Å². The number of carbonyl (C=O) groups excluding carboxylic acids is 1. The van der Waals surface area contributed by atoms with Crippen LogP contribution in [0.4, 0.5) is 0 Å². The number of ether oxygens (including phenoxy) is 1. The monoisotopic (exact) mass is 240 g/mol. The van der Waals surface area contributed by atoms with Gasteiger partial charge in [0.05, 0.1) is 0 Å². The molecule has 0 aliphatic rings. The molecule has 0 atom stereocenters. The summed E-state index contributed by atoms with van der Waals surface area (Å²) in [5.41, 5.74) is 0.653. The molecule has 0 radical (unpaired) electrons. The zero-order chi connectivity index (χ0) is 11.8. The number of rotatable bonds is 7. The van der Waals surface area contributed by atoms with Gasteiger partial charge in [-0.1, -0.05) is 31.4 Å². The van der Waals surface area contributed by atoms with Gasteiger partial charge in [-0.05, 0) is 30.7 Å². The van der Waals surface area contributed by atoms with Gasteiger partial charge in [0.25, 0.3) is 0 Å². The highest BCUT2D eigenvalue weighted by molar-refractivity contribution is 6.30. The summed E-state index contributed by atoms with van der Waals surface area (Å²) in [4.78, 5) is 11.6. The quantitative estimate of drug-likeness (QED) is 0.536. The summed E-state index contributed by atoms with van der Waals surface area (Å²) >= 11 is 5.74. The van der Waals surface area contributed by atoms with Crippen molar-refractivity contribution >= 4 is 17.4 Å². The average Bonchev–Trinajstić information content (AvgIpc) is 2.29. The minimum Gasteiger partial charge on any atom is -0.373 e. The third kappa shape index (κ3) is 4.77. The van der Waals surface area contributed by atoms with Crippen LogP contribution in [0, 0.1) is 0 Å². The van der Waals surface area contributed by atoms with Crippen LogP contribution in [0.2, 0.25) is 5.02 Å². The first-order valence-electron chi connectivity index (χ1n) is 5.60. The maximum atomic E-state index is 11.6. The second kappa shape index (κ2) is 7.42. The van der Waals surface area contributed by atoms with Gasteiger partial charge in [0, 0.05) is 17.2 Å². The molecule has 16 heavy (non-hydrogen) atoms. The lowest BCUT2D eigenvalue weighted by Crippen LogP contribution is -2.09. The van der Waals surface area contributed by atoms with Crippen LogP contribution in [0.5, 0.6) is 0 Å². The molecule has 2 nitrogen and oxygen atoms in total. The van der Waals surface area contributed by atoms with Crippen molar-refractivity contribution in [3.8, 4) is 0 Å². The smallest absolute Gasteiger partial charge is 0.188 e. The molecule has 0 fully saturated rings. The molecule has 0 heterocycles. The van der Waals surface area contributed by atoms with Crippen molar-refractivity contribution in [2.45, 2.75) is 26.2 Å². The number of unbranched alkanes of at least 4 members (excludes halogenated alkanes) is 2. The standard InChI is InChI=1S/C13H17ClO2/c1-2-3-4-9-16-10-13(15)11-5-7-12(14)8-6-11/h5-8H,2-4,9-10H2,1H3. The molecule has 0 aliphatic carbocycles.